The van der Waals surface area contributed by atoms with Gasteiger partial charge in [-0.1, -0.05) is 17.7 Å². The predicted molar refractivity (Wildman–Crippen MR) is 76.0 cm³/mol. The first-order valence-corrected chi connectivity index (χ1v) is 6.21. The Balaban J connectivity index is 2.40. The molecule has 104 valence electrons. The molecule has 0 radical (unpaired) electrons. The number of hydrogen-bond donors (Lipinski definition) is 2. The molecule has 1 rings (SSSR count). The lowest BCUT2D eigenvalue weighted by atomic mass is 10.2. The van der Waals surface area contributed by atoms with Crippen molar-refractivity contribution in [1.82, 2.24) is 10.2 Å². The van der Waals surface area contributed by atoms with E-state index >= 15 is 0 Å². The molecule has 0 bridgehead atoms. The maximum atomic E-state index is 11.7. The SMILES string of the molecule is Cc1ccc(NC(=O)CNC(C)C(=O)N(C)C)cc1. The fourth-order valence-corrected chi connectivity index (χ4v) is 1.56. The summed E-state index contributed by atoms with van der Waals surface area (Å²) in [4.78, 5) is 24.8. The third kappa shape index (κ3) is 5.09. The van der Waals surface area contributed by atoms with Gasteiger partial charge in [0.25, 0.3) is 0 Å². The summed E-state index contributed by atoms with van der Waals surface area (Å²) >= 11 is 0. The van der Waals surface area contributed by atoms with Crippen molar-refractivity contribution >= 4 is 17.5 Å². The zero-order chi connectivity index (χ0) is 14.4. The largest absolute Gasteiger partial charge is 0.347 e. The van der Waals surface area contributed by atoms with E-state index in [-0.39, 0.29) is 24.4 Å². The second-order valence-electron chi connectivity index (χ2n) is 4.75. The number of benzene rings is 1. The average Bonchev–Trinajstić information content (AvgIpc) is 2.37. The first-order chi connectivity index (χ1) is 8.90. The highest BCUT2D eigenvalue weighted by molar-refractivity contribution is 5.92. The number of hydrogen-bond acceptors (Lipinski definition) is 3. The van der Waals surface area contributed by atoms with Crippen LogP contribution in [0.2, 0.25) is 0 Å². The van der Waals surface area contributed by atoms with Gasteiger partial charge >= 0.3 is 0 Å². The van der Waals surface area contributed by atoms with Gasteiger partial charge in [-0.05, 0) is 26.0 Å². The smallest absolute Gasteiger partial charge is 0.238 e. The first-order valence-electron chi connectivity index (χ1n) is 6.21. The molecule has 0 fully saturated rings. The number of carbonyl (C=O) groups excluding carboxylic acids is 2. The molecule has 1 aromatic carbocycles. The van der Waals surface area contributed by atoms with E-state index < -0.39 is 0 Å². The molecular weight excluding hydrogens is 242 g/mol. The number of nitrogens with one attached hydrogen (secondary N) is 2. The molecule has 5 nitrogen and oxygen atoms in total. The summed E-state index contributed by atoms with van der Waals surface area (Å²) in [6.07, 6.45) is 0. The molecule has 0 aliphatic rings. The van der Waals surface area contributed by atoms with E-state index in [0.29, 0.717) is 0 Å². The van der Waals surface area contributed by atoms with Crippen LogP contribution in [0.15, 0.2) is 24.3 Å². The van der Waals surface area contributed by atoms with Crippen molar-refractivity contribution in [2.75, 3.05) is 26.0 Å². The van der Waals surface area contributed by atoms with Crippen LogP contribution in [-0.4, -0.2) is 43.4 Å². The molecule has 0 saturated heterocycles. The van der Waals surface area contributed by atoms with E-state index in [2.05, 4.69) is 10.6 Å². The molecule has 2 N–H and O–H groups in total. The summed E-state index contributed by atoms with van der Waals surface area (Å²) in [7, 11) is 3.37. The molecule has 0 spiro atoms. The highest BCUT2D eigenvalue weighted by Crippen LogP contribution is 2.07. The predicted octanol–water partition coefficient (Wildman–Crippen LogP) is 1.000. The molecule has 2 amide bonds. The van der Waals surface area contributed by atoms with E-state index in [1.54, 1.807) is 21.0 Å². The second kappa shape index (κ2) is 6.89. The maximum Gasteiger partial charge on any atom is 0.238 e. The molecule has 0 aliphatic heterocycles. The van der Waals surface area contributed by atoms with Crippen LogP contribution in [-0.2, 0) is 9.59 Å². The fourth-order valence-electron chi connectivity index (χ4n) is 1.56. The van der Waals surface area contributed by atoms with Crippen molar-refractivity contribution in [3.63, 3.8) is 0 Å². The Morgan fingerprint density at radius 1 is 1.21 bits per heavy atom. The molecule has 0 heterocycles. The fraction of sp³-hybridized carbons (Fsp3) is 0.429. The van der Waals surface area contributed by atoms with Crippen molar-refractivity contribution in [3.8, 4) is 0 Å². The topological polar surface area (TPSA) is 61.4 Å². The number of likely N-dealkylation sites (N-methyl/N-ethyl adjacent to an activating group) is 1. The Hall–Kier alpha value is -1.88. The molecule has 1 atom stereocenters. The summed E-state index contributed by atoms with van der Waals surface area (Å²) in [6.45, 7) is 3.83. The van der Waals surface area contributed by atoms with Gasteiger partial charge in [-0.25, -0.2) is 0 Å². The minimum atomic E-state index is -0.376. The molecule has 0 aliphatic carbocycles. The zero-order valence-electron chi connectivity index (χ0n) is 11.9. The Morgan fingerprint density at radius 2 is 1.79 bits per heavy atom. The lowest BCUT2D eigenvalue weighted by Gasteiger charge is -2.17. The third-order valence-corrected chi connectivity index (χ3v) is 2.72. The van der Waals surface area contributed by atoms with Gasteiger partial charge in [-0.15, -0.1) is 0 Å². The number of carbonyl (C=O) groups is 2. The van der Waals surface area contributed by atoms with Crippen LogP contribution >= 0.6 is 0 Å². The van der Waals surface area contributed by atoms with Gasteiger partial charge in [0, 0.05) is 19.8 Å². The lowest BCUT2D eigenvalue weighted by Crippen LogP contribution is -2.44. The number of rotatable bonds is 5. The van der Waals surface area contributed by atoms with Gasteiger partial charge < -0.3 is 10.2 Å². The molecular formula is C14H21N3O2. The minimum Gasteiger partial charge on any atom is -0.347 e. The summed E-state index contributed by atoms with van der Waals surface area (Å²) in [5.41, 5.74) is 1.89. The van der Waals surface area contributed by atoms with Crippen molar-refractivity contribution in [1.29, 1.82) is 0 Å². The van der Waals surface area contributed by atoms with E-state index in [1.165, 1.54) is 4.90 Å². The van der Waals surface area contributed by atoms with Crippen molar-refractivity contribution in [2.45, 2.75) is 19.9 Å². The lowest BCUT2D eigenvalue weighted by molar-refractivity contribution is -0.130. The normalized spacial score (nSPS) is 11.8. The van der Waals surface area contributed by atoms with Crippen LogP contribution in [0, 0.1) is 6.92 Å². The standard InChI is InChI=1S/C14H21N3O2/c1-10-5-7-12(8-6-10)16-13(18)9-15-11(2)14(19)17(3)4/h5-8,11,15H,9H2,1-4H3,(H,16,18). The van der Waals surface area contributed by atoms with Gasteiger partial charge in [0.05, 0.1) is 12.6 Å². The highest BCUT2D eigenvalue weighted by atomic mass is 16.2. The monoisotopic (exact) mass is 263 g/mol. The second-order valence-corrected chi connectivity index (χ2v) is 4.75. The number of amides is 2. The minimum absolute atomic E-state index is 0.0527. The molecule has 5 heteroatoms. The molecule has 19 heavy (non-hydrogen) atoms. The Labute approximate surface area is 114 Å². The number of anilines is 1. The first kappa shape index (κ1) is 15.2. The highest BCUT2D eigenvalue weighted by Gasteiger charge is 2.15. The summed E-state index contributed by atoms with van der Waals surface area (Å²) in [5, 5.41) is 5.66. The van der Waals surface area contributed by atoms with Crippen LogP contribution in [0.3, 0.4) is 0 Å². The van der Waals surface area contributed by atoms with Gasteiger partial charge in [0.15, 0.2) is 0 Å². The van der Waals surface area contributed by atoms with Crippen LogP contribution in [0.4, 0.5) is 5.69 Å². The summed E-state index contributed by atoms with van der Waals surface area (Å²) in [5.74, 6) is -0.217. The maximum absolute atomic E-state index is 11.7. The number of nitrogens with zero attached hydrogens (tertiary/aromatic N) is 1. The van der Waals surface area contributed by atoms with E-state index in [1.807, 2.05) is 31.2 Å². The van der Waals surface area contributed by atoms with Crippen molar-refractivity contribution in [3.05, 3.63) is 29.8 Å². The van der Waals surface area contributed by atoms with Crippen molar-refractivity contribution < 1.29 is 9.59 Å². The Bertz CT molecular complexity index is 441. The number of aryl methyl sites for hydroxylation is 1. The quantitative estimate of drug-likeness (QED) is 0.833. The van der Waals surface area contributed by atoms with Crippen LogP contribution in [0.5, 0.6) is 0 Å². The molecule has 0 saturated carbocycles. The van der Waals surface area contributed by atoms with E-state index in [0.717, 1.165) is 11.3 Å². The van der Waals surface area contributed by atoms with Gasteiger partial charge in [0.2, 0.25) is 11.8 Å². The van der Waals surface area contributed by atoms with E-state index in [4.69, 9.17) is 0 Å². The van der Waals surface area contributed by atoms with Crippen LogP contribution < -0.4 is 10.6 Å². The molecule has 1 unspecified atom stereocenters. The van der Waals surface area contributed by atoms with Crippen LogP contribution in [0.1, 0.15) is 12.5 Å². The van der Waals surface area contributed by atoms with Gasteiger partial charge in [-0.2, -0.15) is 0 Å². The molecule has 0 aromatic heterocycles. The van der Waals surface area contributed by atoms with E-state index in [9.17, 15) is 9.59 Å². The Morgan fingerprint density at radius 3 is 2.32 bits per heavy atom. The third-order valence-electron chi connectivity index (χ3n) is 2.72. The zero-order valence-corrected chi connectivity index (χ0v) is 11.9. The summed E-state index contributed by atoms with van der Waals surface area (Å²) in [6, 6.07) is 7.19. The Kier molecular flexibility index (Phi) is 5.51. The summed E-state index contributed by atoms with van der Waals surface area (Å²) < 4.78 is 0. The molecule has 1 aromatic rings. The van der Waals surface area contributed by atoms with Gasteiger partial charge in [0.1, 0.15) is 0 Å². The van der Waals surface area contributed by atoms with Gasteiger partial charge in [-0.3, -0.25) is 14.9 Å². The van der Waals surface area contributed by atoms with Crippen molar-refractivity contribution in [2.24, 2.45) is 0 Å². The van der Waals surface area contributed by atoms with Crippen LogP contribution in [0.25, 0.3) is 0 Å². The average molecular weight is 263 g/mol.